The number of para-hydroxylation sites is 2. The third kappa shape index (κ3) is 4.85. The lowest BCUT2D eigenvalue weighted by Crippen LogP contribution is -1.98. The van der Waals surface area contributed by atoms with Crippen molar-refractivity contribution >= 4 is 38.9 Å². The van der Waals surface area contributed by atoms with Gasteiger partial charge in [0.25, 0.3) is 5.69 Å². The Morgan fingerprint density at radius 2 is 1.65 bits per heavy atom. The van der Waals surface area contributed by atoms with Crippen molar-refractivity contribution in [1.29, 1.82) is 0 Å². The highest BCUT2D eigenvalue weighted by Crippen LogP contribution is 2.29. The van der Waals surface area contributed by atoms with Crippen molar-refractivity contribution in [3.8, 4) is 0 Å². The first-order valence-electron chi connectivity index (χ1n) is 7.21. The van der Waals surface area contributed by atoms with E-state index < -0.39 is 4.92 Å². The molecule has 6 nitrogen and oxygen atoms in total. The van der Waals surface area contributed by atoms with E-state index in [9.17, 15) is 10.1 Å². The van der Waals surface area contributed by atoms with Crippen molar-refractivity contribution in [2.24, 2.45) is 0 Å². The number of halogens is 1. The number of nitrogens with one attached hydrogen (secondary N) is 1. The van der Waals surface area contributed by atoms with Gasteiger partial charge in [0, 0.05) is 22.2 Å². The van der Waals surface area contributed by atoms with Gasteiger partial charge in [-0.3, -0.25) is 10.1 Å². The maximum absolute atomic E-state index is 10.6. The van der Waals surface area contributed by atoms with E-state index in [4.69, 9.17) is 11.5 Å². The van der Waals surface area contributed by atoms with Crippen molar-refractivity contribution in [1.82, 2.24) is 0 Å². The fourth-order valence-corrected chi connectivity index (χ4v) is 2.54. The van der Waals surface area contributed by atoms with Gasteiger partial charge in [0.1, 0.15) is 5.69 Å². The van der Waals surface area contributed by atoms with Gasteiger partial charge in [-0.1, -0.05) is 38.1 Å². The van der Waals surface area contributed by atoms with E-state index in [1.807, 2.05) is 31.2 Å². The van der Waals surface area contributed by atoms with E-state index in [2.05, 4.69) is 27.4 Å². The first kappa shape index (κ1) is 18.8. The maximum Gasteiger partial charge on any atom is 0.293 e. The fourth-order valence-electron chi connectivity index (χ4n) is 2.08. The Morgan fingerprint density at radius 1 is 1.09 bits per heavy atom. The second-order valence-corrected chi connectivity index (χ2v) is 5.19. The molecule has 0 spiro atoms. The van der Waals surface area contributed by atoms with Crippen molar-refractivity contribution in [2.45, 2.75) is 26.7 Å². The molecule has 0 saturated carbocycles. The molecule has 0 aliphatic heterocycles. The number of nitrogens with two attached hydrogens (primary N) is 2. The minimum atomic E-state index is -0.400. The number of hydrogen-bond donors (Lipinski definition) is 3. The van der Waals surface area contributed by atoms with Crippen LogP contribution in [0.25, 0.3) is 0 Å². The molecule has 0 amide bonds. The molecular weight excluding hydrogens is 360 g/mol. The van der Waals surface area contributed by atoms with Crippen LogP contribution < -0.4 is 15.8 Å². The molecule has 0 aromatic heterocycles. The van der Waals surface area contributed by atoms with Gasteiger partial charge in [0.15, 0.2) is 0 Å². The van der Waals surface area contributed by atoms with Crippen LogP contribution in [-0.4, -0.2) is 4.92 Å². The summed E-state index contributed by atoms with van der Waals surface area (Å²) in [4.78, 5) is 10.2. The summed E-state index contributed by atoms with van der Waals surface area (Å²) in [6.07, 6.45) is 1.70. The molecule has 5 N–H and O–H groups in total. The molecule has 2 aromatic carbocycles. The molecule has 0 bridgehead atoms. The highest BCUT2D eigenvalue weighted by Gasteiger charge is 2.14. The number of anilines is 3. The molecule has 0 unspecified atom stereocenters. The number of nitro groups is 1. The summed E-state index contributed by atoms with van der Waals surface area (Å²) in [6, 6.07) is 10.7. The van der Waals surface area contributed by atoms with E-state index in [0.717, 1.165) is 29.7 Å². The number of rotatable bonds is 4. The lowest BCUT2D eigenvalue weighted by molar-refractivity contribution is -0.383. The molecule has 0 aliphatic carbocycles. The average molecular weight is 381 g/mol. The molecule has 0 fully saturated rings. The molecule has 2 aromatic rings. The quantitative estimate of drug-likeness (QED) is 0.317. The third-order valence-electron chi connectivity index (χ3n) is 3.41. The highest BCUT2D eigenvalue weighted by atomic mass is 79.9. The topological polar surface area (TPSA) is 107 Å². The smallest absolute Gasteiger partial charge is 0.293 e. The summed E-state index contributed by atoms with van der Waals surface area (Å²) < 4.78 is 2.67. The number of benzene rings is 2. The van der Waals surface area contributed by atoms with Crippen LogP contribution in [0.4, 0.5) is 22.7 Å². The van der Waals surface area contributed by atoms with Gasteiger partial charge in [-0.05, 0) is 30.0 Å². The maximum atomic E-state index is 10.6. The van der Waals surface area contributed by atoms with Gasteiger partial charge >= 0.3 is 0 Å². The minimum Gasteiger partial charge on any atom is -0.397 e. The molecule has 124 valence electrons. The Hall–Kier alpha value is -2.28. The van der Waals surface area contributed by atoms with Crippen LogP contribution in [0, 0.1) is 10.1 Å². The molecule has 0 atom stereocenters. The zero-order valence-corrected chi connectivity index (χ0v) is 14.8. The third-order valence-corrected chi connectivity index (χ3v) is 3.81. The van der Waals surface area contributed by atoms with Gasteiger partial charge in [-0.2, -0.15) is 0 Å². The Labute approximate surface area is 144 Å². The van der Waals surface area contributed by atoms with Crippen molar-refractivity contribution in [3.63, 3.8) is 0 Å². The van der Waals surface area contributed by atoms with E-state index in [1.165, 1.54) is 6.07 Å². The molecule has 0 heterocycles. The summed E-state index contributed by atoms with van der Waals surface area (Å²) in [5, 5.41) is 10.6. The van der Waals surface area contributed by atoms with Crippen LogP contribution in [0.1, 0.15) is 25.0 Å². The van der Waals surface area contributed by atoms with Crippen molar-refractivity contribution in [3.05, 3.63) is 57.6 Å². The van der Waals surface area contributed by atoms with Gasteiger partial charge in [0.2, 0.25) is 0 Å². The minimum absolute atomic E-state index is 0.0937. The van der Waals surface area contributed by atoms with Gasteiger partial charge in [0.05, 0.1) is 16.3 Å². The van der Waals surface area contributed by atoms with Gasteiger partial charge < -0.3 is 15.8 Å². The Bertz CT molecular complexity index is 677. The monoisotopic (exact) mass is 380 g/mol. The summed E-state index contributed by atoms with van der Waals surface area (Å²) >= 11 is 3.01. The number of nitrogen functional groups attached to an aromatic ring is 2. The normalized spacial score (nSPS) is 9.70. The summed E-state index contributed by atoms with van der Waals surface area (Å²) in [5.74, 6) is 0. The molecule has 0 radical (unpaired) electrons. The number of nitrogens with zero attached hydrogens (tertiary/aromatic N) is 1. The molecule has 0 aliphatic rings. The van der Waals surface area contributed by atoms with E-state index in [0.29, 0.717) is 11.4 Å². The highest BCUT2D eigenvalue weighted by molar-refractivity contribution is 9.10. The number of hydrogen-bond acceptors (Lipinski definition) is 5. The van der Waals surface area contributed by atoms with Crippen LogP contribution in [0.15, 0.2) is 36.4 Å². The predicted octanol–water partition coefficient (Wildman–Crippen LogP) is 4.29. The Balaban J connectivity index is 0.000000238. The first-order valence-corrected chi connectivity index (χ1v) is 8.01. The first-order chi connectivity index (χ1) is 11.0. The zero-order chi connectivity index (χ0) is 17.4. The van der Waals surface area contributed by atoms with E-state index in [-0.39, 0.29) is 5.69 Å². The van der Waals surface area contributed by atoms with E-state index >= 15 is 0 Å². The Morgan fingerprint density at radius 3 is 2.13 bits per heavy atom. The average Bonchev–Trinajstić information content (AvgIpc) is 2.56. The molecule has 2 rings (SSSR count). The van der Waals surface area contributed by atoms with Crippen LogP contribution in [0.3, 0.4) is 0 Å². The SMILES string of the molecule is CCc1cccc(N)c1N.CCc1cccc([N+](=O)[O-])c1NBr. The van der Waals surface area contributed by atoms with Gasteiger partial charge in [-0.25, -0.2) is 0 Å². The molecule has 7 heteroatoms. The van der Waals surface area contributed by atoms with Crippen LogP contribution in [0.5, 0.6) is 0 Å². The van der Waals surface area contributed by atoms with Gasteiger partial charge in [-0.15, -0.1) is 0 Å². The van der Waals surface area contributed by atoms with Crippen LogP contribution in [-0.2, 0) is 12.8 Å². The number of nitro benzene ring substituents is 1. The molecule has 23 heavy (non-hydrogen) atoms. The standard InChI is InChI=1S/C8H9BrN2O2.C8H12N2/c1-2-6-4-3-5-7(11(12)13)8(6)10-9;1-2-6-4-3-5-7(9)8(6)10/h3-5,10H,2H2,1H3;3-5H,2,9-10H2,1H3. The second-order valence-electron chi connectivity index (χ2n) is 4.79. The van der Waals surface area contributed by atoms with Crippen LogP contribution in [0.2, 0.25) is 0 Å². The summed E-state index contributed by atoms with van der Waals surface area (Å²) in [5.41, 5.74) is 15.3. The van der Waals surface area contributed by atoms with Crippen molar-refractivity contribution in [2.75, 3.05) is 15.8 Å². The molecule has 0 saturated heterocycles. The fraction of sp³-hybridized carbons (Fsp3) is 0.250. The van der Waals surface area contributed by atoms with E-state index in [1.54, 1.807) is 6.07 Å². The summed E-state index contributed by atoms with van der Waals surface area (Å²) in [7, 11) is 0. The lowest BCUT2D eigenvalue weighted by atomic mass is 10.1. The molecular formula is C16H21BrN4O2. The van der Waals surface area contributed by atoms with Crippen molar-refractivity contribution < 1.29 is 4.92 Å². The lowest BCUT2D eigenvalue weighted by Gasteiger charge is -2.05. The van der Waals surface area contributed by atoms with Crippen LogP contribution >= 0.6 is 16.1 Å². The predicted molar refractivity (Wildman–Crippen MR) is 99.7 cm³/mol. The second kappa shape index (κ2) is 8.99. The zero-order valence-electron chi connectivity index (χ0n) is 13.2. The summed E-state index contributed by atoms with van der Waals surface area (Å²) in [6.45, 7) is 4.01. The largest absolute Gasteiger partial charge is 0.397 e. The number of aryl methyl sites for hydroxylation is 2. The Kier molecular flexibility index (Phi) is 7.34.